The van der Waals surface area contributed by atoms with Crippen molar-refractivity contribution >= 4 is 0 Å². The summed E-state index contributed by atoms with van der Waals surface area (Å²) in [5.41, 5.74) is 1.41. The Morgan fingerprint density at radius 2 is 1.56 bits per heavy atom. The second-order valence-corrected chi connectivity index (χ2v) is 12.5. The third-order valence-corrected chi connectivity index (χ3v) is 10.7. The minimum Gasteiger partial charge on any atom is -0.0628 e. The number of rotatable bonds is 5. The Morgan fingerprint density at radius 1 is 0.741 bits per heavy atom. The van der Waals surface area contributed by atoms with Crippen molar-refractivity contribution in [2.45, 2.75) is 118 Å². The molecule has 0 N–H and O–H groups in total. The van der Waals surface area contributed by atoms with Gasteiger partial charge in [-0.05, 0) is 104 Å². The highest BCUT2D eigenvalue weighted by Gasteiger charge is 2.59. The normalized spacial score (nSPS) is 48.0. The monoisotopic (exact) mass is 372 g/mol. The van der Waals surface area contributed by atoms with Gasteiger partial charge in [0.05, 0.1) is 0 Å². The average Bonchev–Trinajstić information content (AvgIpc) is 2.98. The van der Waals surface area contributed by atoms with Crippen molar-refractivity contribution in [1.29, 1.82) is 0 Å². The van der Waals surface area contributed by atoms with Crippen LogP contribution in [0.1, 0.15) is 118 Å². The van der Waals surface area contributed by atoms with Crippen LogP contribution in [0.4, 0.5) is 0 Å². The molecule has 0 aliphatic heterocycles. The topological polar surface area (TPSA) is 0 Å². The Hall–Kier alpha value is 0. The molecule has 0 saturated heterocycles. The van der Waals surface area contributed by atoms with Gasteiger partial charge in [0.1, 0.15) is 0 Å². The lowest BCUT2D eigenvalue weighted by Gasteiger charge is -2.60. The molecule has 0 heterocycles. The van der Waals surface area contributed by atoms with Gasteiger partial charge in [-0.25, -0.2) is 0 Å². The fraction of sp³-hybridized carbons (Fsp3) is 1.00. The Balaban J connectivity index is 1.45. The highest BCUT2D eigenvalue weighted by atomic mass is 14.6. The van der Waals surface area contributed by atoms with E-state index in [9.17, 15) is 0 Å². The summed E-state index contributed by atoms with van der Waals surface area (Å²) in [7, 11) is 0. The zero-order valence-corrected chi connectivity index (χ0v) is 19.2. The first-order valence-electron chi connectivity index (χ1n) is 12.8. The van der Waals surface area contributed by atoms with Crippen LogP contribution < -0.4 is 0 Å². The minimum absolute atomic E-state index is 0.693. The van der Waals surface area contributed by atoms with Crippen LogP contribution in [0.5, 0.6) is 0 Å². The molecule has 27 heavy (non-hydrogen) atoms. The van der Waals surface area contributed by atoms with Crippen molar-refractivity contribution in [2.75, 3.05) is 0 Å². The van der Waals surface area contributed by atoms with Gasteiger partial charge in [-0.3, -0.25) is 0 Å². The number of hydrogen-bond donors (Lipinski definition) is 0. The van der Waals surface area contributed by atoms with E-state index in [4.69, 9.17) is 0 Å². The van der Waals surface area contributed by atoms with Gasteiger partial charge in [0.15, 0.2) is 0 Å². The summed E-state index contributed by atoms with van der Waals surface area (Å²) in [6.45, 7) is 12.8. The maximum absolute atomic E-state index is 2.76. The predicted octanol–water partition coefficient (Wildman–Crippen LogP) is 8.50. The van der Waals surface area contributed by atoms with Crippen molar-refractivity contribution in [3.8, 4) is 0 Å². The molecule has 4 aliphatic carbocycles. The maximum atomic E-state index is 2.76. The molecule has 4 rings (SSSR count). The molecule has 0 bridgehead atoms. The molecule has 8 atom stereocenters. The third-order valence-electron chi connectivity index (χ3n) is 10.7. The number of fused-ring (bicyclic) bond motifs is 5. The summed E-state index contributed by atoms with van der Waals surface area (Å²) in [4.78, 5) is 0. The van der Waals surface area contributed by atoms with E-state index in [0.29, 0.717) is 10.8 Å². The van der Waals surface area contributed by atoms with Gasteiger partial charge in [0.25, 0.3) is 0 Å². The highest BCUT2D eigenvalue weighted by molar-refractivity contribution is 5.08. The predicted molar refractivity (Wildman–Crippen MR) is 118 cm³/mol. The van der Waals surface area contributed by atoms with Crippen molar-refractivity contribution in [2.24, 2.45) is 52.3 Å². The molecule has 0 aromatic carbocycles. The van der Waals surface area contributed by atoms with Crippen LogP contribution in [0.15, 0.2) is 0 Å². The molecule has 0 nitrogen and oxygen atoms in total. The smallest absolute Gasteiger partial charge is 0.0264 e. The summed E-state index contributed by atoms with van der Waals surface area (Å²) in [6, 6.07) is 0. The molecule has 0 aromatic rings. The molecule has 0 unspecified atom stereocenters. The largest absolute Gasteiger partial charge is 0.0628 e. The molecule has 0 aromatic heterocycles. The molecule has 4 fully saturated rings. The van der Waals surface area contributed by atoms with E-state index in [1.807, 2.05) is 0 Å². The van der Waals surface area contributed by atoms with Crippen LogP contribution in [-0.2, 0) is 0 Å². The molecule has 0 heteroatoms. The first-order valence-corrected chi connectivity index (χ1v) is 12.8. The van der Waals surface area contributed by atoms with Crippen LogP contribution in [-0.4, -0.2) is 0 Å². The van der Waals surface area contributed by atoms with E-state index < -0.39 is 0 Å². The van der Waals surface area contributed by atoms with Gasteiger partial charge in [-0.15, -0.1) is 0 Å². The van der Waals surface area contributed by atoms with E-state index >= 15 is 0 Å². The summed E-state index contributed by atoms with van der Waals surface area (Å²) >= 11 is 0. The van der Waals surface area contributed by atoms with Crippen molar-refractivity contribution in [1.82, 2.24) is 0 Å². The molecule has 0 spiro atoms. The van der Waals surface area contributed by atoms with Gasteiger partial charge in [-0.1, -0.05) is 66.7 Å². The van der Waals surface area contributed by atoms with E-state index in [2.05, 4.69) is 34.6 Å². The van der Waals surface area contributed by atoms with Crippen LogP contribution in [0, 0.1) is 52.3 Å². The minimum atomic E-state index is 0.693. The van der Waals surface area contributed by atoms with Gasteiger partial charge in [0, 0.05) is 0 Å². The quantitative estimate of drug-likeness (QED) is 0.453. The molecule has 4 saturated carbocycles. The second kappa shape index (κ2) is 7.68. The summed E-state index contributed by atoms with van der Waals surface area (Å²) < 4.78 is 0. The molecular weight excluding hydrogens is 324 g/mol. The number of hydrogen-bond acceptors (Lipinski definition) is 0. The molecule has 0 radical (unpaired) electrons. The standard InChI is InChI=1S/C27H48/c1-19(2)9-8-10-20(3)21-14-18-27(5)24(21)13-12-22-23-11-6-7-16-26(23,4)17-15-25(22)27/h19-25H,6-18H2,1-5H3/t20-,21-,22+,23+,24+,25+,26+,27+/m1/s1. The zero-order chi connectivity index (χ0) is 19.2. The summed E-state index contributed by atoms with van der Waals surface area (Å²) in [5, 5.41) is 0. The summed E-state index contributed by atoms with van der Waals surface area (Å²) in [6.07, 6.45) is 19.9. The Labute approximate surface area is 170 Å². The lowest BCUT2D eigenvalue weighted by Crippen LogP contribution is -2.52. The van der Waals surface area contributed by atoms with E-state index in [1.165, 1.54) is 38.5 Å². The third kappa shape index (κ3) is 3.54. The zero-order valence-electron chi connectivity index (χ0n) is 19.2. The first-order chi connectivity index (χ1) is 12.8. The van der Waals surface area contributed by atoms with E-state index in [1.54, 1.807) is 44.9 Å². The van der Waals surface area contributed by atoms with Crippen LogP contribution in [0.3, 0.4) is 0 Å². The first kappa shape index (κ1) is 20.3. The van der Waals surface area contributed by atoms with Gasteiger partial charge >= 0.3 is 0 Å². The maximum Gasteiger partial charge on any atom is -0.0264 e. The fourth-order valence-corrected chi connectivity index (χ4v) is 9.14. The Bertz CT molecular complexity index is 506. The van der Waals surface area contributed by atoms with Gasteiger partial charge in [-0.2, -0.15) is 0 Å². The SMILES string of the molecule is CC(C)CCC[C@@H](C)[C@H]1CC[C@@]2(C)[C@H]1CC[C@H]1[C@@H]3CCCC[C@@]3(C)CC[C@@H]12. The van der Waals surface area contributed by atoms with Crippen molar-refractivity contribution in [3.63, 3.8) is 0 Å². The lowest BCUT2D eigenvalue weighted by molar-refractivity contribution is -0.108. The average molecular weight is 373 g/mol. The second-order valence-electron chi connectivity index (χ2n) is 12.5. The van der Waals surface area contributed by atoms with Crippen molar-refractivity contribution < 1.29 is 0 Å². The summed E-state index contributed by atoms with van der Waals surface area (Å²) in [5.74, 6) is 7.18. The Morgan fingerprint density at radius 3 is 2.33 bits per heavy atom. The Kier molecular flexibility index (Phi) is 5.77. The molecular formula is C27H48. The lowest BCUT2D eigenvalue weighted by atomic mass is 9.45. The molecule has 4 aliphatic rings. The molecule has 0 amide bonds. The van der Waals surface area contributed by atoms with Crippen LogP contribution in [0.25, 0.3) is 0 Å². The van der Waals surface area contributed by atoms with Gasteiger partial charge in [0.2, 0.25) is 0 Å². The van der Waals surface area contributed by atoms with Crippen LogP contribution in [0.2, 0.25) is 0 Å². The van der Waals surface area contributed by atoms with Gasteiger partial charge < -0.3 is 0 Å². The highest BCUT2D eigenvalue weighted by Crippen LogP contribution is 2.68. The van der Waals surface area contributed by atoms with E-state index in [-0.39, 0.29) is 0 Å². The van der Waals surface area contributed by atoms with Crippen molar-refractivity contribution in [3.05, 3.63) is 0 Å². The molecule has 156 valence electrons. The van der Waals surface area contributed by atoms with Crippen LogP contribution >= 0.6 is 0 Å². The fourth-order valence-electron chi connectivity index (χ4n) is 9.14. The van der Waals surface area contributed by atoms with E-state index in [0.717, 1.165) is 41.4 Å².